The maximum absolute atomic E-state index is 12.9. The lowest BCUT2D eigenvalue weighted by Crippen LogP contribution is -2.32. The fourth-order valence-corrected chi connectivity index (χ4v) is 3.78. The SMILES string of the molecule is CCc1ccc(C2/C(=C(/O)c3ccc4c(c3)OCO4)C(=O)C(=O)N2CCOC)cc1. The molecule has 0 spiro atoms. The van der Waals surface area contributed by atoms with E-state index >= 15 is 0 Å². The largest absolute Gasteiger partial charge is 0.507 e. The Morgan fingerprint density at radius 2 is 1.87 bits per heavy atom. The van der Waals surface area contributed by atoms with Gasteiger partial charge in [-0.1, -0.05) is 31.2 Å². The lowest BCUT2D eigenvalue weighted by molar-refractivity contribution is -0.140. The van der Waals surface area contributed by atoms with Crippen molar-refractivity contribution in [2.45, 2.75) is 19.4 Å². The second kappa shape index (κ2) is 8.20. The Morgan fingerprint density at radius 1 is 1.13 bits per heavy atom. The molecule has 1 saturated heterocycles. The van der Waals surface area contributed by atoms with E-state index in [1.807, 2.05) is 24.3 Å². The molecule has 0 saturated carbocycles. The van der Waals surface area contributed by atoms with Gasteiger partial charge in [-0.15, -0.1) is 0 Å². The number of amides is 1. The van der Waals surface area contributed by atoms with Crippen LogP contribution >= 0.6 is 0 Å². The summed E-state index contributed by atoms with van der Waals surface area (Å²) in [5.41, 5.74) is 2.34. The molecular formula is C23H23NO6. The Balaban J connectivity index is 1.82. The Labute approximate surface area is 174 Å². The van der Waals surface area contributed by atoms with Crippen LogP contribution in [0, 0.1) is 0 Å². The molecule has 7 heteroatoms. The fraction of sp³-hybridized carbons (Fsp3) is 0.304. The molecule has 1 N–H and O–H groups in total. The van der Waals surface area contributed by atoms with Gasteiger partial charge in [0.25, 0.3) is 11.7 Å². The number of likely N-dealkylation sites (tertiary alicyclic amines) is 1. The van der Waals surface area contributed by atoms with E-state index in [1.54, 1.807) is 18.2 Å². The van der Waals surface area contributed by atoms with Gasteiger partial charge in [-0.2, -0.15) is 0 Å². The summed E-state index contributed by atoms with van der Waals surface area (Å²) < 4.78 is 15.8. The van der Waals surface area contributed by atoms with E-state index in [9.17, 15) is 14.7 Å². The van der Waals surface area contributed by atoms with E-state index in [4.69, 9.17) is 14.2 Å². The summed E-state index contributed by atoms with van der Waals surface area (Å²) in [6.45, 7) is 2.67. The van der Waals surface area contributed by atoms with Crippen molar-refractivity contribution in [3.8, 4) is 11.5 Å². The number of fused-ring (bicyclic) bond motifs is 1. The number of carbonyl (C=O) groups excluding carboxylic acids is 2. The number of aliphatic hydroxyl groups is 1. The molecule has 2 aliphatic heterocycles. The zero-order valence-corrected chi connectivity index (χ0v) is 16.9. The molecule has 1 atom stereocenters. The van der Waals surface area contributed by atoms with Crippen molar-refractivity contribution >= 4 is 17.4 Å². The smallest absolute Gasteiger partial charge is 0.295 e. The molecule has 7 nitrogen and oxygen atoms in total. The predicted octanol–water partition coefficient (Wildman–Crippen LogP) is 3.05. The van der Waals surface area contributed by atoms with Crippen molar-refractivity contribution < 1.29 is 28.9 Å². The Bertz CT molecular complexity index is 1010. The van der Waals surface area contributed by atoms with Crippen molar-refractivity contribution in [1.82, 2.24) is 4.90 Å². The number of methoxy groups -OCH3 is 1. The molecule has 4 rings (SSSR count). The van der Waals surface area contributed by atoms with Crippen molar-refractivity contribution in [2.75, 3.05) is 27.1 Å². The second-order valence-electron chi connectivity index (χ2n) is 7.15. The Hall–Kier alpha value is -3.32. The summed E-state index contributed by atoms with van der Waals surface area (Å²) >= 11 is 0. The highest BCUT2D eigenvalue weighted by Crippen LogP contribution is 2.41. The molecule has 2 aromatic rings. The number of benzene rings is 2. The number of carbonyl (C=O) groups is 2. The molecule has 2 aromatic carbocycles. The molecule has 1 amide bonds. The first-order valence-electron chi connectivity index (χ1n) is 9.81. The number of hydrogen-bond donors (Lipinski definition) is 1. The highest BCUT2D eigenvalue weighted by Gasteiger charge is 2.45. The maximum atomic E-state index is 12.9. The molecule has 0 aliphatic carbocycles. The number of hydrogen-bond acceptors (Lipinski definition) is 6. The van der Waals surface area contributed by atoms with Crippen LogP contribution in [-0.4, -0.2) is 48.8 Å². The molecule has 0 aromatic heterocycles. The van der Waals surface area contributed by atoms with Crippen molar-refractivity contribution in [3.63, 3.8) is 0 Å². The zero-order valence-electron chi connectivity index (χ0n) is 16.9. The summed E-state index contributed by atoms with van der Waals surface area (Å²) in [5.74, 6) is -0.559. The van der Waals surface area contributed by atoms with Crippen LogP contribution in [0.2, 0.25) is 0 Å². The van der Waals surface area contributed by atoms with Gasteiger partial charge in [0.2, 0.25) is 6.79 Å². The van der Waals surface area contributed by atoms with E-state index in [-0.39, 0.29) is 31.3 Å². The molecular weight excluding hydrogens is 386 g/mol. The van der Waals surface area contributed by atoms with Gasteiger partial charge in [0.1, 0.15) is 5.76 Å². The van der Waals surface area contributed by atoms with E-state index in [1.165, 1.54) is 12.0 Å². The van der Waals surface area contributed by atoms with Crippen LogP contribution in [0.15, 0.2) is 48.0 Å². The zero-order chi connectivity index (χ0) is 21.3. The summed E-state index contributed by atoms with van der Waals surface area (Å²) in [4.78, 5) is 27.2. The number of nitrogens with zero attached hydrogens (tertiary/aromatic N) is 1. The van der Waals surface area contributed by atoms with Gasteiger partial charge in [0.15, 0.2) is 11.5 Å². The van der Waals surface area contributed by atoms with Gasteiger partial charge in [0, 0.05) is 19.2 Å². The fourth-order valence-electron chi connectivity index (χ4n) is 3.78. The number of aliphatic hydroxyl groups excluding tert-OH is 1. The first-order valence-corrected chi connectivity index (χ1v) is 9.81. The first kappa shape index (κ1) is 20.0. The van der Waals surface area contributed by atoms with Gasteiger partial charge in [-0.3, -0.25) is 9.59 Å². The highest BCUT2D eigenvalue weighted by atomic mass is 16.7. The van der Waals surface area contributed by atoms with E-state index in [0.29, 0.717) is 17.1 Å². The van der Waals surface area contributed by atoms with Crippen molar-refractivity contribution in [2.24, 2.45) is 0 Å². The van der Waals surface area contributed by atoms with Gasteiger partial charge in [-0.05, 0) is 35.7 Å². The number of ether oxygens (including phenoxy) is 3. The maximum Gasteiger partial charge on any atom is 0.295 e. The minimum atomic E-state index is -0.717. The third-order valence-corrected chi connectivity index (χ3v) is 5.43. The lowest BCUT2D eigenvalue weighted by atomic mass is 9.94. The topological polar surface area (TPSA) is 85.3 Å². The van der Waals surface area contributed by atoms with Gasteiger partial charge in [0.05, 0.1) is 18.2 Å². The monoisotopic (exact) mass is 409 g/mol. The Morgan fingerprint density at radius 3 is 2.57 bits per heavy atom. The summed E-state index contributed by atoms with van der Waals surface area (Å²) in [6.07, 6.45) is 0.876. The molecule has 0 radical (unpaired) electrons. The van der Waals surface area contributed by atoms with E-state index in [2.05, 4.69) is 6.92 Å². The predicted molar refractivity (Wildman–Crippen MR) is 109 cm³/mol. The van der Waals surface area contributed by atoms with Gasteiger partial charge < -0.3 is 24.2 Å². The first-order chi connectivity index (χ1) is 14.5. The molecule has 1 unspecified atom stereocenters. The summed E-state index contributed by atoms with van der Waals surface area (Å²) in [7, 11) is 1.54. The molecule has 156 valence electrons. The van der Waals surface area contributed by atoms with Crippen LogP contribution in [0.3, 0.4) is 0 Å². The van der Waals surface area contributed by atoms with Gasteiger partial charge >= 0.3 is 0 Å². The molecule has 1 fully saturated rings. The number of ketones is 1. The molecule has 0 bridgehead atoms. The normalized spacial score (nSPS) is 19.5. The average Bonchev–Trinajstić information content (AvgIpc) is 3.34. The third kappa shape index (κ3) is 3.41. The van der Waals surface area contributed by atoms with Crippen LogP contribution in [0.25, 0.3) is 5.76 Å². The number of rotatable bonds is 6. The van der Waals surface area contributed by atoms with Crippen LogP contribution in [0.4, 0.5) is 0 Å². The van der Waals surface area contributed by atoms with Crippen LogP contribution in [-0.2, 0) is 20.7 Å². The molecule has 30 heavy (non-hydrogen) atoms. The lowest BCUT2D eigenvalue weighted by Gasteiger charge is -2.25. The van der Waals surface area contributed by atoms with Crippen LogP contribution in [0.1, 0.15) is 29.7 Å². The van der Waals surface area contributed by atoms with E-state index < -0.39 is 17.7 Å². The highest BCUT2D eigenvalue weighted by molar-refractivity contribution is 6.46. The minimum Gasteiger partial charge on any atom is -0.507 e. The summed E-state index contributed by atoms with van der Waals surface area (Å²) in [5, 5.41) is 11.1. The van der Waals surface area contributed by atoms with Crippen LogP contribution < -0.4 is 9.47 Å². The van der Waals surface area contributed by atoms with Crippen LogP contribution in [0.5, 0.6) is 11.5 Å². The minimum absolute atomic E-state index is 0.0548. The average molecular weight is 409 g/mol. The van der Waals surface area contributed by atoms with E-state index in [0.717, 1.165) is 17.5 Å². The number of Topliss-reactive ketones (excluding diaryl/α,β-unsaturated/α-hetero) is 1. The quantitative estimate of drug-likeness (QED) is 0.448. The Kier molecular flexibility index (Phi) is 5.46. The standard InChI is InChI=1S/C23H23NO6/c1-3-14-4-6-15(7-5-14)20-19(22(26)23(27)24(20)10-11-28-2)21(25)16-8-9-17-18(12-16)30-13-29-17/h4-9,12,20,25H,3,10-11,13H2,1-2H3/b21-19-. The van der Waals surface area contributed by atoms with Gasteiger partial charge in [-0.25, -0.2) is 0 Å². The third-order valence-electron chi connectivity index (χ3n) is 5.43. The molecule has 2 heterocycles. The van der Waals surface area contributed by atoms with Crippen molar-refractivity contribution in [1.29, 1.82) is 0 Å². The summed E-state index contributed by atoms with van der Waals surface area (Å²) in [6, 6.07) is 11.9. The second-order valence-corrected chi connectivity index (χ2v) is 7.15. The number of aryl methyl sites for hydroxylation is 1. The van der Waals surface area contributed by atoms with Crippen molar-refractivity contribution in [3.05, 3.63) is 64.7 Å². The molecule has 2 aliphatic rings.